The lowest BCUT2D eigenvalue weighted by molar-refractivity contribution is 0.577. The van der Waals surface area contributed by atoms with E-state index in [1.807, 2.05) is 17.8 Å². The summed E-state index contributed by atoms with van der Waals surface area (Å²) in [6.07, 6.45) is 3.32. The summed E-state index contributed by atoms with van der Waals surface area (Å²) < 4.78 is 0. The van der Waals surface area contributed by atoms with Gasteiger partial charge in [0.2, 0.25) is 0 Å². The SMILES string of the molecule is C1=CSC(c2cc(-c3cccc4ccccc34)c3nc(C4=NNNN4)ccc3c2)C1. The number of fused-ring (bicyclic) bond motifs is 2. The largest absolute Gasteiger partial charge is 0.283 e. The van der Waals surface area contributed by atoms with E-state index in [2.05, 4.69) is 93.7 Å². The van der Waals surface area contributed by atoms with Crippen LogP contribution in [0.4, 0.5) is 0 Å². The van der Waals surface area contributed by atoms with Gasteiger partial charge in [-0.15, -0.1) is 22.4 Å². The van der Waals surface area contributed by atoms with E-state index >= 15 is 0 Å². The Kier molecular flexibility index (Phi) is 4.18. The standard InChI is InChI=1S/C24H19N5S/c1-2-7-18-15(5-1)6-3-8-19(18)20-14-17(22-9-4-12-30-22)13-16-10-11-21(25-23(16)20)24-26-28-29-27-24/h1-8,10-14,22,28-29H,9H2,(H,26,27). The number of allylic oxidation sites excluding steroid dienone is 1. The zero-order chi connectivity index (χ0) is 19.9. The quantitative estimate of drug-likeness (QED) is 0.443. The highest BCUT2D eigenvalue weighted by Gasteiger charge is 2.19. The molecule has 2 aliphatic rings. The van der Waals surface area contributed by atoms with Gasteiger partial charge in [0.25, 0.3) is 0 Å². The van der Waals surface area contributed by atoms with E-state index in [1.165, 1.54) is 21.9 Å². The van der Waals surface area contributed by atoms with Crippen molar-refractivity contribution in [2.75, 3.05) is 0 Å². The zero-order valence-electron chi connectivity index (χ0n) is 16.1. The lowest BCUT2D eigenvalue weighted by Gasteiger charge is -2.16. The third-order valence-corrected chi connectivity index (χ3v) is 6.75. The number of amidine groups is 1. The van der Waals surface area contributed by atoms with E-state index in [0.29, 0.717) is 11.1 Å². The Hall–Kier alpha value is -3.35. The summed E-state index contributed by atoms with van der Waals surface area (Å²) in [4.78, 5) is 5.01. The fourth-order valence-corrected chi connectivity index (χ4v) is 5.09. The van der Waals surface area contributed by atoms with Gasteiger partial charge in [0.1, 0.15) is 5.69 Å². The van der Waals surface area contributed by atoms with Gasteiger partial charge in [0.05, 0.1) is 5.52 Å². The van der Waals surface area contributed by atoms with Crippen LogP contribution < -0.4 is 16.5 Å². The van der Waals surface area contributed by atoms with Crippen molar-refractivity contribution >= 4 is 39.3 Å². The van der Waals surface area contributed by atoms with Gasteiger partial charge < -0.3 is 0 Å². The predicted molar refractivity (Wildman–Crippen MR) is 125 cm³/mol. The number of pyridine rings is 1. The van der Waals surface area contributed by atoms with Crippen LogP contribution in [0.15, 0.2) is 83.3 Å². The molecule has 2 aliphatic heterocycles. The number of hydrogen-bond donors (Lipinski definition) is 3. The van der Waals surface area contributed by atoms with E-state index in [-0.39, 0.29) is 0 Å². The molecule has 3 aromatic carbocycles. The Morgan fingerprint density at radius 1 is 0.900 bits per heavy atom. The van der Waals surface area contributed by atoms with Crippen molar-refractivity contribution in [1.29, 1.82) is 0 Å². The molecule has 1 unspecified atom stereocenters. The molecule has 3 heterocycles. The van der Waals surface area contributed by atoms with E-state index in [1.54, 1.807) is 0 Å². The second-order valence-corrected chi connectivity index (χ2v) is 8.53. The molecule has 0 saturated heterocycles. The number of hydrogen-bond acceptors (Lipinski definition) is 6. The van der Waals surface area contributed by atoms with Gasteiger partial charge in [0.15, 0.2) is 5.84 Å². The Bertz CT molecular complexity index is 1330. The minimum absolute atomic E-state index is 0.456. The van der Waals surface area contributed by atoms with Crippen LogP contribution in [0.3, 0.4) is 0 Å². The molecule has 0 amide bonds. The van der Waals surface area contributed by atoms with Crippen molar-refractivity contribution < 1.29 is 0 Å². The molecule has 6 heteroatoms. The number of hydrazone groups is 1. The molecule has 0 saturated carbocycles. The number of benzene rings is 3. The number of rotatable bonds is 3. The van der Waals surface area contributed by atoms with Crippen LogP contribution in [0.1, 0.15) is 22.9 Å². The molecular weight excluding hydrogens is 390 g/mol. The summed E-state index contributed by atoms with van der Waals surface area (Å²) in [6, 6.07) is 23.8. The smallest absolute Gasteiger partial charge is 0.189 e. The molecule has 0 fully saturated rings. The highest BCUT2D eigenvalue weighted by molar-refractivity contribution is 8.02. The monoisotopic (exact) mass is 409 g/mol. The van der Waals surface area contributed by atoms with Gasteiger partial charge in [-0.25, -0.2) is 10.5 Å². The van der Waals surface area contributed by atoms with Crippen molar-refractivity contribution in [1.82, 2.24) is 21.5 Å². The average Bonchev–Trinajstić information content (AvgIpc) is 3.52. The molecule has 0 bridgehead atoms. The van der Waals surface area contributed by atoms with Crippen LogP contribution in [0.2, 0.25) is 0 Å². The first-order valence-electron chi connectivity index (χ1n) is 9.94. The first kappa shape index (κ1) is 17.5. The highest BCUT2D eigenvalue weighted by Crippen LogP contribution is 2.42. The number of hydrazine groups is 2. The minimum Gasteiger partial charge on any atom is -0.283 e. The van der Waals surface area contributed by atoms with E-state index in [9.17, 15) is 0 Å². The van der Waals surface area contributed by atoms with Gasteiger partial charge in [-0.2, -0.15) is 0 Å². The van der Waals surface area contributed by atoms with Crippen LogP contribution in [0, 0.1) is 0 Å². The fourth-order valence-electron chi connectivity index (χ4n) is 4.16. The molecule has 4 aromatic rings. The maximum Gasteiger partial charge on any atom is 0.189 e. The molecule has 0 aliphatic carbocycles. The molecule has 6 rings (SSSR count). The molecule has 1 aromatic heterocycles. The number of thioether (sulfide) groups is 1. The first-order valence-corrected chi connectivity index (χ1v) is 10.9. The Labute approximate surface area is 178 Å². The van der Waals surface area contributed by atoms with Gasteiger partial charge in [-0.05, 0) is 51.9 Å². The van der Waals surface area contributed by atoms with E-state index in [4.69, 9.17) is 4.98 Å². The topological polar surface area (TPSA) is 61.3 Å². The molecule has 5 nitrogen and oxygen atoms in total. The maximum atomic E-state index is 5.01. The van der Waals surface area contributed by atoms with Gasteiger partial charge in [0, 0.05) is 16.2 Å². The summed E-state index contributed by atoms with van der Waals surface area (Å²) in [5.41, 5.74) is 14.0. The van der Waals surface area contributed by atoms with Crippen LogP contribution in [0.5, 0.6) is 0 Å². The van der Waals surface area contributed by atoms with E-state index in [0.717, 1.165) is 28.6 Å². The average molecular weight is 410 g/mol. The molecule has 30 heavy (non-hydrogen) atoms. The fraction of sp³-hybridized carbons (Fsp3) is 0.0833. The second kappa shape index (κ2) is 7.16. The zero-order valence-corrected chi connectivity index (χ0v) is 16.9. The molecule has 0 radical (unpaired) electrons. The van der Waals surface area contributed by atoms with Crippen molar-refractivity contribution in [3.05, 3.63) is 89.5 Å². The van der Waals surface area contributed by atoms with Crippen molar-refractivity contribution in [3.8, 4) is 11.1 Å². The summed E-state index contributed by atoms with van der Waals surface area (Å²) in [7, 11) is 0. The molecule has 146 valence electrons. The molecule has 0 spiro atoms. The number of nitrogens with zero attached hydrogens (tertiary/aromatic N) is 2. The molecule has 3 N–H and O–H groups in total. The van der Waals surface area contributed by atoms with Crippen molar-refractivity contribution in [2.24, 2.45) is 5.10 Å². The van der Waals surface area contributed by atoms with Crippen LogP contribution in [0.25, 0.3) is 32.8 Å². The summed E-state index contributed by atoms with van der Waals surface area (Å²) in [5.74, 6) is 0.681. The van der Waals surface area contributed by atoms with Crippen LogP contribution >= 0.6 is 11.8 Å². The van der Waals surface area contributed by atoms with Crippen molar-refractivity contribution in [2.45, 2.75) is 11.7 Å². The van der Waals surface area contributed by atoms with Crippen molar-refractivity contribution in [3.63, 3.8) is 0 Å². The van der Waals surface area contributed by atoms with Gasteiger partial charge in [-0.1, -0.05) is 54.6 Å². The van der Waals surface area contributed by atoms with Gasteiger partial charge >= 0.3 is 0 Å². The molecular formula is C24H19N5S. The molecule has 1 atom stereocenters. The first-order chi connectivity index (χ1) is 14.9. The predicted octanol–water partition coefficient (Wildman–Crippen LogP) is 5.02. The number of nitrogens with one attached hydrogen (secondary N) is 3. The van der Waals surface area contributed by atoms with Gasteiger partial charge in [-0.3, -0.25) is 5.43 Å². The third kappa shape index (κ3) is 2.93. The summed E-state index contributed by atoms with van der Waals surface area (Å²) in [6.45, 7) is 0. The maximum absolute atomic E-state index is 5.01. The second-order valence-electron chi connectivity index (χ2n) is 7.42. The number of aromatic nitrogens is 1. The van der Waals surface area contributed by atoms with Crippen LogP contribution in [-0.2, 0) is 0 Å². The Morgan fingerprint density at radius 3 is 2.70 bits per heavy atom. The lowest BCUT2D eigenvalue weighted by atomic mass is 9.93. The minimum atomic E-state index is 0.456. The summed E-state index contributed by atoms with van der Waals surface area (Å²) in [5, 5.41) is 10.5. The Morgan fingerprint density at radius 2 is 1.83 bits per heavy atom. The normalized spacial score (nSPS) is 17.9. The third-order valence-electron chi connectivity index (χ3n) is 5.60. The lowest BCUT2D eigenvalue weighted by Crippen LogP contribution is -2.35. The highest BCUT2D eigenvalue weighted by atomic mass is 32.2. The van der Waals surface area contributed by atoms with E-state index < -0.39 is 0 Å². The summed E-state index contributed by atoms with van der Waals surface area (Å²) >= 11 is 1.89. The van der Waals surface area contributed by atoms with Crippen LogP contribution in [-0.4, -0.2) is 10.8 Å². The Balaban J connectivity index is 1.63.